The van der Waals surface area contributed by atoms with E-state index in [4.69, 9.17) is 9.84 Å². The summed E-state index contributed by atoms with van der Waals surface area (Å²) in [6.07, 6.45) is 3.45. The lowest BCUT2D eigenvalue weighted by Gasteiger charge is -2.40. The summed E-state index contributed by atoms with van der Waals surface area (Å²) in [6.45, 7) is 0.289. The van der Waals surface area contributed by atoms with Gasteiger partial charge in [-0.15, -0.1) is 0 Å². The Balaban J connectivity index is 1.01. The van der Waals surface area contributed by atoms with Crippen LogP contribution in [0.2, 0.25) is 0 Å². The highest BCUT2D eigenvalue weighted by Crippen LogP contribution is 2.50. The van der Waals surface area contributed by atoms with Gasteiger partial charge in [0.1, 0.15) is 6.61 Å². The van der Waals surface area contributed by atoms with Crippen LogP contribution in [0.25, 0.3) is 11.1 Å². The first-order valence-corrected chi connectivity index (χ1v) is 12.6. The number of rotatable bonds is 7. The molecular weight excluding hydrogens is 444 g/mol. The van der Waals surface area contributed by atoms with Crippen LogP contribution in [0.4, 0.5) is 4.79 Å². The highest BCUT2D eigenvalue weighted by molar-refractivity contribution is 5.82. The van der Waals surface area contributed by atoms with E-state index < -0.39 is 17.6 Å². The van der Waals surface area contributed by atoms with Crippen molar-refractivity contribution < 1.29 is 24.2 Å². The smallest absolute Gasteiger partial charge is 0.407 e. The van der Waals surface area contributed by atoms with Gasteiger partial charge in [-0.1, -0.05) is 48.5 Å². The zero-order valence-corrected chi connectivity index (χ0v) is 19.5. The number of aliphatic carboxylic acids is 1. The quantitative estimate of drug-likeness (QED) is 0.561. The molecule has 6 rings (SSSR count). The molecule has 4 aliphatic carbocycles. The zero-order valence-electron chi connectivity index (χ0n) is 19.5. The Hall–Kier alpha value is -3.35. The lowest BCUT2D eigenvalue weighted by Crippen LogP contribution is -2.50. The van der Waals surface area contributed by atoms with Crippen molar-refractivity contribution in [3.63, 3.8) is 0 Å². The molecule has 3 N–H and O–H groups in total. The van der Waals surface area contributed by atoms with Crippen LogP contribution in [0.3, 0.4) is 0 Å². The molecule has 1 unspecified atom stereocenters. The van der Waals surface area contributed by atoms with Gasteiger partial charge in [0, 0.05) is 17.9 Å². The molecule has 2 aromatic carbocycles. The fourth-order valence-corrected chi connectivity index (χ4v) is 6.55. The Morgan fingerprint density at radius 3 is 2.23 bits per heavy atom. The molecule has 0 heterocycles. The van der Waals surface area contributed by atoms with E-state index in [1.807, 2.05) is 24.3 Å². The van der Waals surface area contributed by atoms with Crippen molar-refractivity contribution in [1.82, 2.24) is 10.6 Å². The number of nitrogens with one attached hydrogen (secondary N) is 2. The number of alkyl carbamates (subject to hydrolysis) is 1. The van der Waals surface area contributed by atoms with E-state index in [2.05, 4.69) is 34.9 Å². The highest BCUT2D eigenvalue weighted by atomic mass is 16.5. The monoisotopic (exact) mass is 474 g/mol. The minimum atomic E-state index is -0.873. The van der Waals surface area contributed by atoms with Crippen LogP contribution in [0.1, 0.15) is 55.6 Å². The van der Waals surface area contributed by atoms with Gasteiger partial charge in [0.25, 0.3) is 0 Å². The molecule has 0 aliphatic heterocycles. The Kier molecular flexibility index (Phi) is 5.31. The average Bonchev–Trinajstić information content (AvgIpc) is 3.36. The first kappa shape index (κ1) is 22.1. The van der Waals surface area contributed by atoms with Gasteiger partial charge in [0.2, 0.25) is 5.91 Å². The first-order valence-electron chi connectivity index (χ1n) is 12.6. The van der Waals surface area contributed by atoms with E-state index in [-0.39, 0.29) is 42.7 Å². The molecule has 0 bridgehead atoms. The summed E-state index contributed by atoms with van der Waals surface area (Å²) < 4.78 is 5.69. The summed E-state index contributed by atoms with van der Waals surface area (Å²) in [5.41, 5.74) is 4.23. The summed E-state index contributed by atoms with van der Waals surface area (Å²) >= 11 is 0. The van der Waals surface area contributed by atoms with E-state index in [9.17, 15) is 14.4 Å². The van der Waals surface area contributed by atoms with Gasteiger partial charge in [-0.2, -0.15) is 0 Å². The Morgan fingerprint density at radius 2 is 1.60 bits per heavy atom. The minimum absolute atomic E-state index is 0.00964. The van der Waals surface area contributed by atoms with Crippen LogP contribution in [0, 0.1) is 17.8 Å². The molecular formula is C28H30N2O5. The zero-order chi connectivity index (χ0) is 24.2. The highest BCUT2D eigenvalue weighted by Gasteiger charge is 2.52. The standard InChI is InChI=1S/C28H30N2O5/c31-25(32)14-28(9-10-28)30-26(33)17-11-16-13-24(22(16)12-17)29-27(34)35-15-23-20-7-3-1-5-18(20)19-6-2-4-8-21(19)23/h1-8,16-17,22-24H,9-15H2,(H,29,34)(H,30,33)(H,31,32)/t16-,17?,22-,24+/m0/s1. The van der Waals surface area contributed by atoms with Crippen molar-refractivity contribution in [3.8, 4) is 11.1 Å². The number of carbonyl (C=O) groups is 3. The summed E-state index contributed by atoms with van der Waals surface area (Å²) in [6, 6.07) is 16.6. The van der Waals surface area contributed by atoms with Gasteiger partial charge in [0.05, 0.1) is 12.0 Å². The molecule has 2 aromatic rings. The van der Waals surface area contributed by atoms with E-state index >= 15 is 0 Å². The van der Waals surface area contributed by atoms with Gasteiger partial charge < -0.3 is 20.5 Å². The largest absolute Gasteiger partial charge is 0.481 e. The van der Waals surface area contributed by atoms with Crippen molar-refractivity contribution in [3.05, 3.63) is 59.7 Å². The molecule has 3 fully saturated rings. The van der Waals surface area contributed by atoms with Gasteiger partial charge >= 0.3 is 12.1 Å². The van der Waals surface area contributed by atoms with Gasteiger partial charge in [-0.05, 0) is 66.2 Å². The third kappa shape index (κ3) is 4.07. The van der Waals surface area contributed by atoms with E-state index in [1.54, 1.807) is 0 Å². The molecule has 0 radical (unpaired) electrons. The van der Waals surface area contributed by atoms with Gasteiger partial charge in [-0.3, -0.25) is 9.59 Å². The number of ether oxygens (including phenoxy) is 1. The Labute approximate surface area is 204 Å². The molecule has 0 aromatic heterocycles. The second kappa shape index (κ2) is 8.40. The molecule has 3 saturated carbocycles. The summed E-state index contributed by atoms with van der Waals surface area (Å²) in [5, 5.41) is 15.1. The average molecular weight is 475 g/mol. The van der Waals surface area contributed by atoms with E-state index in [0.717, 1.165) is 32.1 Å². The molecule has 4 atom stereocenters. The van der Waals surface area contributed by atoms with Gasteiger partial charge in [0.15, 0.2) is 0 Å². The predicted molar refractivity (Wildman–Crippen MR) is 129 cm³/mol. The SMILES string of the molecule is O=C(O)CC1(NC(=O)C2C[C@H]3C[C@@H](NC(=O)OCC4c5ccccc5-c5ccccc54)[C@H]3C2)CC1. The fourth-order valence-electron chi connectivity index (χ4n) is 6.55. The Morgan fingerprint density at radius 1 is 0.943 bits per heavy atom. The van der Waals surface area contributed by atoms with Crippen molar-refractivity contribution in [2.45, 2.75) is 56.0 Å². The van der Waals surface area contributed by atoms with Crippen LogP contribution in [0.5, 0.6) is 0 Å². The van der Waals surface area contributed by atoms with E-state index in [0.29, 0.717) is 5.92 Å². The third-order valence-corrected chi connectivity index (χ3v) is 8.57. The second-order valence-electron chi connectivity index (χ2n) is 10.7. The second-order valence-corrected chi connectivity index (χ2v) is 10.7. The normalized spacial score (nSPS) is 27.1. The third-order valence-electron chi connectivity index (χ3n) is 8.57. The van der Waals surface area contributed by atoms with Crippen LogP contribution >= 0.6 is 0 Å². The lowest BCUT2D eigenvalue weighted by molar-refractivity contribution is -0.138. The maximum absolute atomic E-state index is 12.8. The maximum atomic E-state index is 12.8. The molecule has 0 saturated heterocycles. The number of fused-ring (bicyclic) bond motifs is 4. The molecule has 0 spiro atoms. The molecule has 7 heteroatoms. The number of carboxylic acid groups (broad SMARTS) is 1. The number of hydrogen-bond acceptors (Lipinski definition) is 4. The van der Waals surface area contributed by atoms with Gasteiger partial charge in [-0.25, -0.2) is 4.79 Å². The topological polar surface area (TPSA) is 105 Å². The number of carboxylic acids is 1. The summed E-state index contributed by atoms with van der Waals surface area (Å²) in [7, 11) is 0. The Bertz CT molecular complexity index is 1140. The molecule has 35 heavy (non-hydrogen) atoms. The van der Waals surface area contributed by atoms with Crippen LogP contribution < -0.4 is 10.6 Å². The number of carbonyl (C=O) groups excluding carboxylic acids is 2. The molecule has 182 valence electrons. The number of hydrogen-bond donors (Lipinski definition) is 3. The van der Waals surface area contributed by atoms with Crippen LogP contribution in [-0.2, 0) is 14.3 Å². The summed E-state index contributed by atoms with van der Waals surface area (Å²) in [5.74, 6) is -0.271. The molecule has 4 aliphatic rings. The maximum Gasteiger partial charge on any atom is 0.407 e. The summed E-state index contributed by atoms with van der Waals surface area (Å²) in [4.78, 5) is 36.5. The number of amides is 2. The van der Waals surface area contributed by atoms with Crippen LogP contribution in [0.15, 0.2) is 48.5 Å². The minimum Gasteiger partial charge on any atom is -0.481 e. The van der Waals surface area contributed by atoms with E-state index in [1.165, 1.54) is 22.3 Å². The van der Waals surface area contributed by atoms with Crippen LogP contribution in [-0.4, -0.2) is 41.3 Å². The first-order chi connectivity index (χ1) is 16.9. The van der Waals surface area contributed by atoms with Crippen molar-refractivity contribution in [2.24, 2.45) is 17.8 Å². The van der Waals surface area contributed by atoms with Crippen molar-refractivity contribution >= 4 is 18.0 Å². The lowest BCUT2D eigenvalue weighted by atomic mass is 9.71. The van der Waals surface area contributed by atoms with Crippen molar-refractivity contribution in [2.75, 3.05) is 6.61 Å². The molecule has 7 nitrogen and oxygen atoms in total. The van der Waals surface area contributed by atoms with Crippen molar-refractivity contribution in [1.29, 1.82) is 0 Å². The fraction of sp³-hybridized carbons (Fsp3) is 0.464. The molecule has 2 amide bonds. The number of benzene rings is 2. The predicted octanol–water partition coefficient (Wildman–Crippen LogP) is 4.06.